The molecule has 7 nitrogen and oxygen atoms in total. The van der Waals surface area contributed by atoms with Crippen LogP contribution in [0.4, 0.5) is 26.3 Å². The highest BCUT2D eigenvalue weighted by Crippen LogP contribution is 2.46. The lowest BCUT2D eigenvalue weighted by Gasteiger charge is -2.35. The maximum Gasteiger partial charge on any atom is 0.323 e. The van der Waals surface area contributed by atoms with Crippen molar-refractivity contribution in [2.24, 2.45) is 0 Å². The van der Waals surface area contributed by atoms with Gasteiger partial charge in [-0.25, -0.2) is 22.2 Å². The molecule has 5 aromatic rings. The van der Waals surface area contributed by atoms with Crippen LogP contribution in [0.2, 0.25) is 0 Å². The van der Waals surface area contributed by atoms with Crippen LogP contribution >= 0.6 is 0 Å². The van der Waals surface area contributed by atoms with Crippen LogP contribution in [-0.2, 0) is 24.7 Å². The Labute approximate surface area is 240 Å². The van der Waals surface area contributed by atoms with Gasteiger partial charge in [0, 0.05) is 34.5 Å². The molecule has 1 N–H and O–H groups in total. The summed E-state index contributed by atoms with van der Waals surface area (Å²) in [5.41, 5.74) is -4.21. The average molecular weight is 596 g/mol. The van der Waals surface area contributed by atoms with Crippen molar-refractivity contribution >= 4 is 0 Å². The van der Waals surface area contributed by atoms with Crippen molar-refractivity contribution in [3.63, 3.8) is 0 Å². The maximum absolute atomic E-state index is 15.9. The number of ether oxygens (including phenoxy) is 1. The molecule has 0 spiro atoms. The number of aromatic nitrogens is 5. The van der Waals surface area contributed by atoms with Crippen LogP contribution in [0.15, 0.2) is 85.3 Å². The standard InChI is InChI=1S/C30H19F6N5O2/c31-22-9-12-24(26(33)14-22)29(42,17-41-18-38-39-40-41)30(35,36)27-13-8-20(15-37-27)5-4-19-6-10-23(11-7-19)43-16-21-2-1-3-25(32)28(21)34/h1-3,6-15,18,42H,16-17H2. The lowest BCUT2D eigenvalue weighted by atomic mass is 9.84. The normalized spacial score (nSPS) is 12.7. The smallest absolute Gasteiger partial charge is 0.323 e. The van der Waals surface area contributed by atoms with Gasteiger partial charge in [0.25, 0.3) is 0 Å². The van der Waals surface area contributed by atoms with Crippen LogP contribution in [0.1, 0.15) is 27.9 Å². The minimum Gasteiger partial charge on any atom is -0.489 e. The summed E-state index contributed by atoms with van der Waals surface area (Å²) in [7, 11) is 0. The number of alkyl halides is 2. The molecule has 43 heavy (non-hydrogen) atoms. The predicted molar refractivity (Wildman–Crippen MR) is 139 cm³/mol. The van der Waals surface area contributed by atoms with Crippen LogP contribution in [0.25, 0.3) is 0 Å². The summed E-state index contributed by atoms with van der Waals surface area (Å²) >= 11 is 0. The second-order valence-corrected chi connectivity index (χ2v) is 9.27. The van der Waals surface area contributed by atoms with E-state index in [-0.39, 0.29) is 17.7 Å². The van der Waals surface area contributed by atoms with Gasteiger partial charge in [-0.05, 0) is 65.0 Å². The highest BCUT2D eigenvalue weighted by atomic mass is 19.3. The van der Waals surface area contributed by atoms with Gasteiger partial charge in [0.15, 0.2) is 17.2 Å². The van der Waals surface area contributed by atoms with E-state index in [0.29, 0.717) is 17.4 Å². The van der Waals surface area contributed by atoms with Crippen molar-refractivity contribution in [1.29, 1.82) is 0 Å². The number of rotatable bonds is 8. The van der Waals surface area contributed by atoms with Crippen molar-refractivity contribution in [2.45, 2.75) is 24.7 Å². The number of halogens is 6. The molecule has 2 aromatic heterocycles. The molecular weight excluding hydrogens is 576 g/mol. The molecule has 2 heterocycles. The van der Waals surface area contributed by atoms with E-state index in [4.69, 9.17) is 4.74 Å². The molecule has 1 atom stereocenters. The number of benzene rings is 3. The molecule has 13 heteroatoms. The molecule has 5 rings (SSSR count). The largest absolute Gasteiger partial charge is 0.489 e. The van der Waals surface area contributed by atoms with E-state index >= 15 is 8.78 Å². The Balaban J connectivity index is 1.33. The van der Waals surface area contributed by atoms with E-state index < -0.39 is 52.6 Å². The van der Waals surface area contributed by atoms with Gasteiger partial charge >= 0.3 is 5.92 Å². The Morgan fingerprint density at radius 1 is 0.860 bits per heavy atom. The van der Waals surface area contributed by atoms with Crippen LogP contribution < -0.4 is 4.74 Å². The van der Waals surface area contributed by atoms with E-state index in [0.717, 1.165) is 41.5 Å². The first-order chi connectivity index (χ1) is 20.6. The summed E-state index contributed by atoms with van der Waals surface area (Å²) in [6, 6.07) is 14.2. The van der Waals surface area contributed by atoms with E-state index in [1.165, 1.54) is 18.2 Å². The molecule has 1 unspecified atom stereocenters. The second-order valence-electron chi connectivity index (χ2n) is 9.27. The molecule has 0 saturated heterocycles. The number of hydrogen-bond donors (Lipinski definition) is 1. The Kier molecular flexibility index (Phi) is 8.13. The van der Waals surface area contributed by atoms with Crippen LogP contribution in [-0.4, -0.2) is 30.3 Å². The first-order valence-electron chi connectivity index (χ1n) is 12.5. The van der Waals surface area contributed by atoms with Gasteiger partial charge in [-0.3, -0.25) is 4.98 Å². The summed E-state index contributed by atoms with van der Waals surface area (Å²) in [6.07, 6.45) is 2.01. The van der Waals surface area contributed by atoms with E-state index in [2.05, 4.69) is 32.4 Å². The number of hydrogen-bond acceptors (Lipinski definition) is 6. The van der Waals surface area contributed by atoms with Gasteiger partial charge in [-0.2, -0.15) is 8.78 Å². The summed E-state index contributed by atoms with van der Waals surface area (Å²) in [5, 5.41) is 21.4. The van der Waals surface area contributed by atoms with Crippen molar-refractivity contribution in [1.82, 2.24) is 25.2 Å². The fraction of sp³-hybridized carbons (Fsp3) is 0.133. The Hall–Kier alpha value is -5.22. The van der Waals surface area contributed by atoms with E-state index in [1.807, 2.05) is 0 Å². The van der Waals surface area contributed by atoms with Gasteiger partial charge in [-0.1, -0.05) is 24.0 Å². The van der Waals surface area contributed by atoms with Crippen molar-refractivity contribution in [2.75, 3.05) is 0 Å². The fourth-order valence-electron chi connectivity index (χ4n) is 4.13. The van der Waals surface area contributed by atoms with Crippen molar-refractivity contribution in [3.05, 3.63) is 137 Å². The van der Waals surface area contributed by atoms with Gasteiger partial charge in [0.05, 0.1) is 6.54 Å². The van der Waals surface area contributed by atoms with Gasteiger partial charge in [0.2, 0.25) is 0 Å². The Bertz CT molecular complexity index is 1790. The topological polar surface area (TPSA) is 86.0 Å². The first kappa shape index (κ1) is 29.3. The van der Waals surface area contributed by atoms with Gasteiger partial charge in [-0.15, -0.1) is 5.10 Å². The number of tetrazole rings is 1. The molecule has 218 valence electrons. The quantitative estimate of drug-likeness (QED) is 0.194. The van der Waals surface area contributed by atoms with Crippen molar-refractivity contribution in [3.8, 4) is 17.6 Å². The predicted octanol–water partition coefficient (Wildman–Crippen LogP) is 5.28. The summed E-state index contributed by atoms with van der Waals surface area (Å²) in [4.78, 5) is 3.76. The van der Waals surface area contributed by atoms with Gasteiger partial charge in [0.1, 0.15) is 36.0 Å². The molecule has 0 bridgehead atoms. The zero-order valence-electron chi connectivity index (χ0n) is 21.9. The highest BCUT2D eigenvalue weighted by molar-refractivity contribution is 5.44. The highest BCUT2D eigenvalue weighted by Gasteiger charge is 2.58. The Morgan fingerprint density at radius 3 is 2.28 bits per heavy atom. The van der Waals surface area contributed by atoms with Crippen molar-refractivity contribution < 1.29 is 36.2 Å². The molecule has 0 aliphatic carbocycles. The molecule has 0 saturated carbocycles. The molecule has 3 aromatic carbocycles. The van der Waals surface area contributed by atoms with E-state index in [9.17, 15) is 22.7 Å². The Morgan fingerprint density at radius 2 is 1.60 bits per heavy atom. The van der Waals surface area contributed by atoms with Crippen LogP contribution in [0.3, 0.4) is 0 Å². The minimum absolute atomic E-state index is 0.0574. The first-order valence-corrected chi connectivity index (χ1v) is 12.5. The summed E-state index contributed by atoms with van der Waals surface area (Å²) in [5.74, 6) is -2.58. The SMILES string of the molecule is OC(Cn1cnnn1)(c1ccc(F)cc1F)C(F)(F)c1ccc(C#Cc2ccc(OCc3cccc(F)c3F)cc2)cn1. The molecule has 0 radical (unpaired) electrons. The number of aliphatic hydroxyl groups is 1. The van der Waals surface area contributed by atoms with Crippen LogP contribution in [0, 0.1) is 35.1 Å². The third kappa shape index (κ3) is 6.19. The van der Waals surface area contributed by atoms with E-state index in [1.54, 1.807) is 24.3 Å². The zero-order valence-corrected chi connectivity index (χ0v) is 21.9. The molecule has 0 fully saturated rings. The maximum atomic E-state index is 15.9. The van der Waals surface area contributed by atoms with Crippen LogP contribution in [0.5, 0.6) is 5.75 Å². The number of pyridine rings is 1. The molecule has 0 aliphatic rings. The van der Waals surface area contributed by atoms with Gasteiger partial charge < -0.3 is 9.84 Å². The third-order valence-electron chi connectivity index (χ3n) is 6.39. The lowest BCUT2D eigenvalue weighted by Crippen LogP contribution is -2.48. The third-order valence-corrected chi connectivity index (χ3v) is 6.39. The second kappa shape index (κ2) is 11.9. The summed E-state index contributed by atoms with van der Waals surface area (Å²) < 4.78 is 93.3. The lowest BCUT2D eigenvalue weighted by molar-refractivity contribution is -0.207. The molecule has 0 aliphatic heterocycles. The molecular formula is C30H19F6N5O2. The summed E-state index contributed by atoms with van der Waals surface area (Å²) in [6.45, 7) is -1.16. The molecule has 0 amide bonds. The minimum atomic E-state index is -4.20. The number of nitrogens with zero attached hydrogens (tertiary/aromatic N) is 5. The average Bonchev–Trinajstić information content (AvgIpc) is 3.50. The monoisotopic (exact) mass is 595 g/mol. The fourth-order valence-corrected chi connectivity index (χ4v) is 4.13. The zero-order chi connectivity index (χ0) is 30.6.